The number of sulfonamides is 1. The molecule has 2 atom stereocenters. The summed E-state index contributed by atoms with van der Waals surface area (Å²) in [6.07, 6.45) is -3.24. The van der Waals surface area contributed by atoms with Crippen molar-refractivity contribution >= 4 is 21.6 Å². The van der Waals surface area contributed by atoms with Gasteiger partial charge in [0.15, 0.2) is 0 Å². The summed E-state index contributed by atoms with van der Waals surface area (Å²) in [6, 6.07) is 2.19. The number of halogens is 4. The molecule has 1 aliphatic rings. The molecule has 9 heteroatoms. The van der Waals surface area contributed by atoms with E-state index >= 15 is 0 Å². The van der Waals surface area contributed by atoms with Crippen molar-refractivity contribution in [3.8, 4) is 0 Å². The van der Waals surface area contributed by atoms with Crippen LogP contribution in [0, 0.1) is 5.92 Å². The summed E-state index contributed by atoms with van der Waals surface area (Å²) in [5.41, 5.74) is 4.75. The van der Waals surface area contributed by atoms with Crippen LogP contribution in [0.4, 0.5) is 13.2 Å². The standard InChI is InChI=1S/C14H18ClF3N2O2S/c1-9(19)10-3-2-4-20(8-10)23(21,22)13-6-11(14(16,17)18)5-12(15)7-13/h5-7,9-10H,2-4,8,19H2,1H3. The molecule has 1 heterocycles. The number of piperidine rings is 1. The number of benzene rings is 1. The van der Waals surface area contributed by atoms with Gasteiger partial charge in [0, 0.05) is 24.2 Å². The third-order valence-electron chi connectivity index (χ3n) is 4.00. The molecule has 2 N–H and O–H groups in total. The Kier molecular flexibility index (Phi) is 5.30. The first-order chi connectivity index (χ1) is 10.5. The van der Waals surface area contributed by atoms with E-state index in [0.717, 1.165) is 12.5 Å². The molecule has 0 bridgehead atoms. The van der Waals surface area contributed by atoms with Crippen molar-refractivity contribution in [3.63, 3.8) is 0 Å². The van der Waals surface area contributed by atoms with Crippen molar-refractivity contribution < 1.29 is 21.6 Å². The van der Waals surface area contributed by atoms with Gasteiger partial charge in [-0.25, -0.2) is 8.42 Å². The summed E-state index contributed by atoms with van der Waals surface area (Å²) >= 11 is 5.68. The Balaban J connectivity index is 2.38. The van der Waals surface area contributed by atoms with Crippen LogP contribution in [-0.2, 0) is 16.2 Å². The highest BCUT2D eigenvalue weighted by Gasteiger charge is 2.35. The minimum atomic E-state index is -4.66. The molecule has 4 nitrogen and oxygen atoms in total. The molecule has 1 fully saturated rings. The van der Waals surface area contributed by atoms with E-state index in [1.807, 2.05) is 0 Å². The first-order valence-corrected chi connectivity index (χ1v) is 8.97. The number of hydrogen-bond acceptors (Lipinski definition) is 3. The van der Waals surface area contributed by atoms with Gasteiger partial charge in [0.1, 0.15) is 0 Å². The summed E-state index contributed by atoms with van der Waals surface area (Å²) in [4.78, 5) is -0.442. The molecule has 0 radical (unpaired) electrons. The highest BCUT2D eigenvalue weighted by atomic mass is 35.5. The van der Waals surface area contributed by atoms with Gasteiger partial charge in [-0.3, -0.25) is 0 Å². The van der Waals surface area contributed by atoms with Gasteiger partial charge < -0.3 is 5.73 Å². The molecule has 2 unspecified atom stereocenters. The Morgan fingerprint density at radius 1 is 1.35 bits per heavy atom. The van der Waals surface area contributed by atoms with E-state index in [1.54, 1.807) is 6.92 Å². The number of rotatable bonds is 3. The second-order valence-corrected chi connectivity index (χ2v) is 8.17. The lowest BCUT2D eigenvalue weighted by Gasteiger charge is -2.33. The van der Waals surface area contributed by atoms with Crippen LogP contribution >= 0.6 is 11.6 Å². The Morgan fingerprint density at radius 2 is 2.00 bits per heavy atom. The van der Waals surface area contributed by atoms with Gasteiger partial charge in [0.25, 0.3) is 0 Å². The minimum Gasteiger partial charge on any atom is -0.328 e. The maximum atomic E-state index is 12.9. The molecule has 0 aliphatic carbocycles. The predicted molar refractivity (Wildman–Crippen MR) is 81.6 cm³/mol. The van der Waals surface area contributed by atoms with E-state index in [1.165, 1.54) is 4.31 Å². The van der Waals surface area contributed by atoms with E-state index in [4.69, 9.17) is 17.3 Å². The van der Waals surface area contributed by atoms with Gasteiger partial charge in [0.2, 0.25) is 10.0 Å². The number of nitrogens with two attached hydrogens (primary N) is 1. The van der Waals surface area contributed by atoms with Gasteiger partial charge in [-0.1, -0.05) is 11.6 Å². The molecule has 2 rings (SSSR count). The summed E-state index contributed by atoms with van der Waals surface area (Å²) in [5, 5.41) is -0.265. The first-order valence-electron chi connectivity index (χ1n) is 7.15. The average Bonchev–Trinajstić information content (AvgIpc) is 2.45. The second kappa shape index (κ2) is 6.58. The van der Waals surface area contributed by atoms with Crippen molar-refractivity contribution in [1.82, 2.24) is 4.31 Å². The van der Waals surface area contributed by atoms with E-state index < -0.39 is 26.7 Å². The van der Waals surface area contributed by atoms with Gasteiger partial charge in [-0.05, 0) is 43.9 Å². The van der Waals surface area contributed by atoms with E-state index in [2.05, 4.69) is 0 Å². The summed E-state index contributed by atoms with van der Waals surface area (Å²) in [7, 11) is -4.04. The third-order valence-corrected chi connectivity index (χ3v) is 6.06. The topological polar surface area (TPSA) is 63.4 Å². The Bertz CT molecular complexity index is 677. The monoisotopic (exact) mass is 370 g/mol. The molecule has 130 valence electrons. The van der Waals surface area contributed by atoms with Crippen molar-refractivity contribution in [2.75, 3.05) is 13.1 Å². The van der Waals surface area contributed by atoms with Crippen molar-refractivity contribution in [2.45, 2.75) is 36.9 Å². The average molecular weight is 371 g/mol. The van der Waals surface area contributed by atoms with Crippen LogP contribution in [0.5, 0.6) is 0 Å². The number of nitrogens with zero attached hydrogens (tertiary/aromatic N) is 1. The Labute approximate surface area is 138 Å². The lowest BCUT2D eigenvalue weighted by molar-refractivity contribution is -0.137. The quantitative estimate of drug-likeness (QED) is 0.889. The lowest BCUT2D eigenvalue weighted by Crippen LogP contribution is -2.45. The van der Waals surface area contributed by atoms with Crippen LogP contribution in [-0.4, -0.2) is 31.9 Å². The Morgan fingerprint density at radius 3 is 2.57 bits per heavy atom. The molecule has 0 aromatic heterocycles. The van der Waals surface area contributed by atoms with Crippen LogP contribution < -0.4 is 5.73 Å². The molecular weight excluding hydrogens is 353 g/mol. The molecule has 23 heavy (non-hydrogen) atoms. The van der Waals surface area contributed by atoms with Gasteiger partial charge in [-0.2, -0.15) is 17.5 Å². The highest BCUT2D eigenvalue weighted by Crippen LogP contribution is 2.34. The van der Waals surface area contributed by atoms with E-state index in [-0.39, 0.29) is 30.1 Å². The molecule has 1 aromatic rings. The SMILES string of the molecule is CC(N)C1CCCN(S(=O)(=O)c2cc(Cl)cc(C(F)(F)F)c2)C1. The molecule has 1 aromatic carbocycles. The zero-order valence-corrected chi connectivity index (χ0v) is 14.0. The molecule has 0 spiro atoms. The predicted octanol–water partition coefficient (Wildman–Crippen LogP) is 3.11. The van der Waals surface area contributed by atoms with E-state index in [9.17, 15) is 21.6 Å². The number of alkyl halides is 3. The van der Waals surface area contributed by atoms with Gasteiger partial charge in [0.05, 0.1) is 10.5 Å². The fraction of sp³-hybridized carbons (Fsp3) is 0.571. The number of hydrogen-bond donors (Lipinski definition) is 1. The molecule has 0 amide bonds. The van der Waals surface area contributed by atoms with Crippen LogP contribution in [0.25, 0.3) is 0 Å². The fourth-order valence-electron chi connectivity index (χ4n) is 2.65. The molecule has 1 aliphatic heterocycles. The molecule has 1 saturated heterocycles. The molecule has 0 saturated carbocycles. The van der Waals surface area contributed by atoms with E-state index in [0.29, 0.717) is 18.6 Å². The largest absolute Gasteiger partial charge is 0.416 e. The van der Waals surface area contributed by atoms with Crippen LogP contribution in [0.15, 0.2) is 23.1 Å². The molecular formula is C14H18ClF3N2O2S. The highest BCUT2D eigenvalue weighted by molar-refractivity contribution is 7.89. The third kappa shape index (κ3) is 4.17. The van der Waals surface area contributed by atoms with Crippen molar-refractivity contribution in [1.29, 1.82) is 0 Å². The van der Waals surface area contributed by atoms with Gasteiger partial charge >= 0.3 is 6.18 Å². The van der Waals surface area contributed by atoms with Crippen LogP contribution in [0.2, 0.25) is 5.02 Å². The van der Waals surface area contributed by atoms with Crippen LogP contribution in [0.3, 0.4) is 0 Å². The Hall–Kier alpha value is -0.830. The van der Waals surface area contributed by atoms with Crippen molar-refractivity contribution in [2.24, 2.45) is 11.7 Å². The minimum absolute atomic E-state index is 0.0141. The summed E-state index contributed by atoms with van der Waals surface area (Å²) in [5.74, 6) is -0.0141. The maximum Gasteiger partial charge on any atom is 0.416 e. The smallest absolute Gasteiger partial charge is 0.328 e. The summed E-state index contributed by atoms with van der Waals surface area (Å²) < 4.78 is 65.1. The maximum absolute atomic E-state index is 12.9. The lowest BCUT2D eigenvalue weighted by atomic mass is 9.93. The zero-order chi connectivity index (χ0) is 17.4. The zero-order valence-electron chi connectivity index (χ0n) is 12.5. The van der Waals surface area contributed by atoms with Crippen molar-refractivity contribution in [3.05, 3.63) is 28.8 Å². The fourth-order valence-corrected chi connectivity index (χ4v) is 4.55. The second-order valence-electron chi connectivity index (χ2n) is 5.80. The van der Waals surface area contributed by atoms with Crippen LogP contribution in [0.1, 0.15) is 25.3 Å². The van der Waals surface area contributed by atoms with Gasteiger partial charge in [-0.15, -0.1) is 0 Å². The summed E-state index contributed by atoms with van der Waals surface area (Å²) in [6.45, 7) is 2.26. The first kappa shape index (κ1) is 18.5. The normalized spacial score (nSPS) is 22.1.